The number of carbonyl (C=O) groups is 1. The first-order chi connectivity index (χ1) is 12.2. The number of aromatic nitrogens is 1. The monoisotopic (exact) mass is 393 g/mol. The first-order valence-corrected chi connectivity index (χ1v) is 9.23. The first kappa shape index (κ1) is 17.7. The summed E-state index contributed by atoms with van der Waals surface area (Å²) >= 11 is 6.31. The summed E-state index contributed by atoms with van der Waals surface area (Å²) in [5, 5.41) is 3.78. The molecule has 3 saturated heterocycles. The normalized spacial score (nSPS) is 25.5. The van der Waals surface area contributed by atoms with Crippen LogP contribution in [-0.4, -0.2) is 41.1 Å². The molecule has 7 heteroatoms. The van der Waals surface area contributed by atoms with Crippen molar-refractivity contribution in [1.82, 2.24) is 14.8 Å². The van der Waals surface area contributed by atoms with Crippen LogP contribution < -0.4 is 10.1 Å². The van der Waals surface area contributed by atoms with E-state index in [1.54, 1.807) is 6.07 Å². The molecule has 0 aliphatic carbocycles. The Morgan fingerprint density at radius 1 is 1.27 bits per heavy atom. The summed E-state index contributed by atoms with van der Waals surface area (Å²) in [5.41, 5.74) is 2.41. The summed E-state index contributed by atoms with van der Waals surface area (Å²) in [4.78, 5) is 15.4. The lowest BCUT2D eigenvalue weighted by atomic mass is 9.84. The number of rotatable bonds is 2. The Labute approximate surface area is 163 Å². The molecule has 0 radical (unpaired) electrons. The zero-order valence-electron chi connectivity index (χ0n) is 14.3. The number of benzene rings is 1. The number of nitrogens with zero attached hydrogens (tertiary/aromatic N) is 2. The Morgan fingerprint density at radius 2 is 2.08 bits per heavy atom. The lowest BCUT2D eigenvalue weighted by molar-refractivity contribution is 0.0618. The molecule has 1 aromatic carbocycles. The number of ether oxygens (including phenoxy) is 1. The van der Waals surface area contributed by atoms with Gasteiger partial charge in [0.05, 0.1) is 16.9 Å². The molecular formula is C19H21Cl2N3O2. The highest BCUT2D eigenvalue weighted by atomic mass is 35.5. The van der Waals surface area contributed by atoms with Gasteiger partial charge in [-0.05, 0) is 56.1 Å². The third kappa shape index (κ3) is 2.88. The molecule has 1 N–H and O–H groups in total. The SMILES string of the molecule is Cl.O=C(NC1CN2CCC1CC2)c1cc(Cl)cc2c1OCc1cccn1-2. The van der Waals surface area contributed by atoms with Crippen LogP contribution >= 0.6 is 24.0 Å². The molecule has 1 unspecified atom stereocenters. The van der Waals surface area contributed by atoms with E-state index in [1.807, 2.05) is 29.0 Å². The molecule has 2 bridgehead atoms. The summed E-state index contributed by atoms with van der Waals surface area (Å²) in [5.74, 6) is 1.11. The lowest BCUT2D eigenvalue weighted by Crippen LogP contribution is -2.57. The maximum absolute atomic E-state index is 13.0. The number of carbonyl (C=O) groups excluding carboxylic acids is 1. The van der Waals surface area contributed by atoms with Crippen LogP contribution in [-0.2, 0) is 6.61 Å². The summed E-state index contributed by atoms with van der Waals surface area (Å²) < 4.78 is 7.95. The highest BCUT2D eigenvalue weighted by molar-refractivity contribution is 6.31. The summed E-state index contributed by atoms with van der Waals surface area (Å²) in [7, 11) is 0. The Morgan fingerprint density at radius 3 is 2.81 bits per heavy atom. The van der Waals surface area contributed by atoms with Gasteiger partial charge in [-0.15, -0.1) is 12.4 Å². The molecule has 1 atom stereocenters. The minimum absolute atomic E-state index is 0. The fraction of sp³-hybridized carbons (Fsp3) is 0.421. The average molecular weight is 394 g/mol. The maximum Gasteiger partial charge on any atom is 0.255 e. The van der Waals surface area contributed by atoms with E-state index < -0.39 is 0 Å². The molecule has 0 saturated carbocycles. The first-order valence-electron chi connectivity index (χ1n) is 8.85. The third-order valence-corrected chi connectivity index (χ3v) is 5.93. The van der Waals surface area contributed by atoms with Crippen LogP contribution in [0.3, 0.4) is 0 Å². The molecule has 138 valence electrons. The van der Waals surface area contributed by atoms with Crippen molar-refractivity contribution in [3.63, 3.8) is 0 Å². The van der Waals surface area contributed by atoms with Gasteiger partial charge in [-0.3, -0.25) is 4.79 Å². The molecular weight excluding hydrogens is 373 g/mol. The Bertz CT molecular complexity index is 843. The van der Waals surface area contributed by atoms with Gasteiger partial charge >= 0.3 is 0 Å². The zero-order chi connectivity index (χ0) is 17.0. The van der Waals surface area contributed by atoms with Crippen molar-refractivity contribution in [2.45, 2.75) is 25.5 Å². The third-order valence-electron chi connectivity index (χ3n) is 5.71. The van der Waals surface area contributed by atoms with Crippen LogP contribution in [0.4, 0.5) is 0 Å². The van der Waals surface area contributed by atoms with Gasteiger partial charge in [-0.1, -0.05) is 11.6 Å². The summed E-state index contributed by atoms with van der Waals surface area (Å²) in [6, 6.07) is 7.77. The van der Waals surface area contributed by atoms with Crippen molar-refractivity contribution in [1.29, 1.82) is 0 Å². The lowest BCUT2D eigenvalue weighted by Gasteiger charge is -2.45. The second-order valence-corrected chi connectivity index (χ2v) is 7.61. The Balaban J connectivity index is 0.00000168. The molecule has 4 aliphatic heterocycles. The van der Waals surface area contributed by atoms with Crippen molar-refractivity contribution in [2.24, 2.45) is 5.92 Å². The van der Waals surface area contributed by atoms with E-state index in [1.165, 1.54) is 12.8 Å². The van der Waals surface area contributed by atoms with Crippen LogP contribution in [0.1, 0.15) is 28.9 Å². The predicted molar refractivity (Wildman–Crippen MR) is 103 cm³/mol. The van der Waals surface area contributed by atoms with Gasteiger partial charge in [-0.2, -0.15) is 0 Å². The predicted octanol–water partition coefficient (Wildman–Crippen LogP) is 3.27. The number of piperidine rings is 3. The number of nitrogens with one attached hydrogen (secondary N) is 1. The second-order valence-electron chi connectivity index (χ2n) is 7.18. The topological polar surface area (TPSA) is 46.5 Å². The van der Waals surface area contributed by atoms with E-state index in [9.17, 15) is 4.79 Å². The van der Waals surface area contributed by atoms with E-state index in [0.717, 1.165) is 31.0 Å². The van der Waals surface area contributed by atoms with Crippen LogP contribution in [0.15, 0.2) is 30.5 Å². The van der Waals surface area contributed by atoms with Gasteiger partial charge in [0.1, 0.15) is 6.61 Å². The van der Waals surface area contributed by atoms with Gasteiger partial charge in [-0.25, -0.2) is 0 Å². The van der Waals surface area contributed by atoms with Crippen molar-refractivity contribution in [3.8, 4) is 11.4 Å². The van der Waals surface area contributed by atoms with Gasteiger partial charge in [0, 0.05) is 23.8 Å². The van der Waals surface area contributed by atoms with Gasteiger partial charge < -0.3 is 19.5 Å². The maximum atomic E-state index is 13.0. The van der Waals surface area contributed by atoms with Crippen LogP contribution in [0.2, 0.25) is 5.02 Å². The summed E-state index contributed by atoms with van der Waals surface area (Å²) in [6.07, 6.45) is 4.31. The van der Waals surface area contributed by atoms with E-state index >= 15 is 0 Å². The zero-order valence-corrected chi connectivity index (χ0v) is 15.9. The Kier molecular flexibility index (Phi) is 4.63. The van der Waals surface area contributed by atoms with Crippen molar-refractivity contribution in [2.75, 3.05) is 19.6 Å². The summed E-state index contributed by atoms with van der Waals surface area (Å²) in [6.45, 7) is 3.72. The van der Waals surface area contributed by atoms with Crippen LogP contribution in [0, 0.1) is 5.92 Å². The van der Waals surface area contributed by atoms with Gasteiger partial charge in [0.25, 0.3) is 5.91 Å². The molecule has 0 spiro atoms. The van der Waals surface area contributed by atoms with Crippen molar-refractivity contribution in [3.05, 3.63) is 46.7 Å². The molecule has 2 aromatic rings. The van der Waals surface area contributed by atoms with E-state index in [-0.39, 0.29) is 24.4 Å². The van der Waals surface area contributed by atoms with E-state index in [2.05, 4.69) is 10.2 Å². The van der Waals surface area contributed by atoms with Gasteiger partial charge in [0.15, 0.2) is 5.75 Å². The van der Waals surface area contributed by atoms with Crippen LogP contribution in [0.5, 0.6) is 5.75 Å². The number of fused-ring (bicyclic) bond motifs is 6. The number of amides is 1. The minimum Gasteiger partial charge on any atom is -0.484 e. The molecule has 1 aromatic heterocycles. The molecule has 4 aliphatic rings. The fourth-order valence-corrected chi connectivity index (χ4v) is 4.58. The molecule has 5 heterocycles. The van der Waals surface area contributed by atoms with Gasteiger partial charge in [0.2, 0.25) is 0 Å². The molecule has 5 nitrogen and oxygen atoms in total. The van der Waals surface area contributed by atoms with Crippen molar-refractivity contribution < 1.29 is 9.53 Å². The molecule has 1 amide bonds. The second kappa shape index (κ2) is 6.80. The van der Waals surface area contributed by atoms with Crippen LogP contribution in [0.25, 0.3) is 5.69 Å². The molecule has 26 heavy (non-hydrogen) atoms. The van der Waals surface area contributed by atoms with E-state index in [4.69, 9.17) is 16.3 Å². The smallest absolute Gasteiger partial charge is 0.255 e. The quantitative estimate of drug-likeness (QED) is 0.851. The minimum atomic E-state index is -0.0897. The van der Waals surface area contributed by atoms with Crippen molar-refractivity contribution >= 4 is 29.9 Å². The average Bonchev–Trinajstić information content (AvgIpc) is 3.11. The molecule has 3 fully saturated rings. The highest BCUT2D eigenvalue weighted by Gasteiger charge is 2.35. The largest absolute Gasteiger partial charge is 0.484 e. The number of halogens is 2. The molecule has 6 rings (SSSR count). The van der Waals surface area contributed by atoms with E-state index in [0.29, 0.717) is 28.9 Å². The Hall–Kier alpha value is -1.69. The fourth-order valence-electron chi connectivity index (χ4n) is 4.37. The number of hydrogen-bond donors (Lipinski definition) is 1. The highest BCUT2D eigenvalue weighted by Crippen LogP contribution is 2.36. The standard InChI is InChI=1S/C19H20ClN3O2.ClH/c20-13-8-15(18-17(9-13)23-5-1-2-14(23)11-25-18)19(24)21-16-10-22-6-3-12(16)4-7-22;/h1-2,5,8-9,12,16H,3-4,6-7,10-11H2,(H,21,24);1H. The number of hydrogen-bond acceptors (Lipinski definition) is 3.